The van der Waals surface area contributed by atoms with Gasteiger partial charge in [0.25, 0.3) is 11.8 Å². The summed E-state index contributed by atoms with van der Waals surface area (Å²) in [6.07, 6.45) is 4.00. The van der Waals surface area contributed by atoms with E-state index in [9.17, 15) is 9.59 Å². The summed E-state index contributed by atoms with van der Waals surface area (Å²) in [6, 6.07) is 14.1. The molecule has 2 aromatic rings. The highest BCUT2D eigenvalue weighted by molar-refractivity contribution is 7.80. The molecular formula is C24H31N3O3S. The number of thiocarbonyl (C=S) groups is 1. The van der Waals surface area contributed by atoms with Gasteiger partial charge in [0, 0.05) is 17.3 Å². The number of amides is 2. The summed E-state index contributed by atoms with van der Waals surface area (Å²) in [5.41, 5.74) is 1.67. The van der Waals surface area contributed by atoms with Crippen LogP contribution in [0.25, 0.3) is 0 Å². The van der Waals surface area contributed by atoms with Gasteiger partial charge < -0.3 is 15.4 Å². The zero-order chi connectivity index (χ0) is 22.6. The number of ether oxygens (including phenoxy) is 1. The van der Waals surface area contributed by atoms with Gasteiger partial charge in [-0.2, -0.15) is 0 Å². The fourth-order valence-electron chi connectivity index (χ4n) is 2.76. The Labute approximate surface area is 189 Å². The zero-order valence-corrected chi connectivity index (χ0v) is 19.2. The number of hydrogen-bond donors (Lipinski definition) is 3. The number of hydrogen-bond acceptors (Lipinski definition) is 4. The number of nitrogens with one attached hydrogen (secondary N) is 3. The lowest BCUT2D eigenvalue weighted by Gasteiger charge is -2.14. The molecule has 1 atom stereocenters. The molecule has 0 heterocycles. The van der Waals surface area contributed by atoms with Crippen LogP contribution in [-0.4, -0.2) is 29.6 Å². The molecule has 0 saturated carbocycles. The van der Waals surface area contributed by atoms with Crippen molar-refractivity contribution in [3.8, 4) is 5.75 Å². The van der Waals surface area contributed by atoms with E-state index in [0.29, 0.717) is 29.2 Å². The molecule has 7 heteroatoms. The minimum atomic E-state index is -0.340. The Morgan fingerprint density at radius 2 is 1.71 bits per heavy atom. The van der Waals surface area contributed by atoms with Gasteiger partial charge in [-0.3, -0.25) is 14.9 Å². The minimum absolute atomic E-state index is 0.117. The van der Waals surface area contributed by atoms with E-state index in [1.807, 2.05) is 19.9 Å². The smallest absolute Gasteiger partial charge is 0.261 e. The van der Waals surface area contributed by atoms with Crippen LogP contribution < -0.4 is 20.7 Å². The first-order valence-corrected chi connectivity index (χ1v) is 11.1. The first kappa shape index (κ1) is 24.3. The van der Waals surface area contributed by atoms with Crippen molar-refractivity contribution in [3.05, 3.63) is 59.7 Å². The Morgan fingerprint density at radius 3 is 2.39 bits per heavy atom. The number of anilines is 1. The molecule has 6 nitrogen and oxygen atoms in total. The predicted octanol–water partition coefficient (Wildman–Crippen LogP) is 4.91. The lowest BCUT2D eigenvalue weighted by Crippen LogP contribution is -2.34. The van der Waals surface area contributed by atoms with Gasteiger partial charge in [0.15, 0.2) is 5.11 Å². The molecule has 0 fully saturated rings. The monoisotopic (exact) mass is 441 g/mol. The molecule has 31 heavy (non-hydrogen) atoms. The maximum Gasteiger partial charge on any atom is 0.261 e. The molecule has 0 radical (unpaired) electrons. The highest BCUT2D eigenvalue weighted by atomic mass is 32.1. The Hall–Kier alpha value is -2.93. The van der Waals surface area contributed by atoms with Crippen molar-refractivity contribution in [1.82, 2.24) is 10.6 Å². The van der Waals surface area contributed by atoms with Crippen molar-refractivity contribution in [2.24, 2.45) is 0 Å². The SMILES string of the molecule is CCCCCOc1ccccc1C(=O)NC(=S)Nc1ccc(C(=O)NC(C)CC)cc1. The summed E-state index contributed by atoms with van der Waals surface area (Å²) in [4.78, 5) is 24.8. The van der Waals surface area contributed by atoms with Gasteiger partial charge >= 0.3 is 0 Å². The van der Waals surface area contributed by atoms with E-state index < -0.39 is 0 Å². The minimum Gasteiger partial charge on any atom is -0.493 e. The van der Waals surface area contributed by atoms with Crippen molar-refractivity contribution in [1.29, 1.82) is 0 Å². The van der Waals surface area contributed by atoms with Crippen LogP contribution in [0.3, 0.4) is 0 Å². The summed E-state index contributed by atoms with van der Waals surface area (Å²) >= 11 is 5.27. The molecule has 2 aromatic carbocycles. The average Bonchev–Trinajstić information content (AvgIpc) is 2.77. The van der Waals surface area contributed by atoms with Crippen LogP contribution in [0.2, 0.25) is 0 Å². The largest absolute Gasteiger partial charge is 0.493 e. The van der Waals surface area contributed by atoms with E-state index >= 15 is 0 Å². The van der Waals surface area contributed by atoms with Gasteiger partial charge in [-0.15, -0.1) is 0 Å². The van der Waals surface area contributed by atoms with Gasteiger partial charge in [0.1, 0.15) is 5.75 Å². The van der Waals surface area contributed by atoms with E-state index in [1.54, 1.807) is 42.5 Å². The van der Waals surface area contributed by atoms with Crippen LogP contribution in [0.4, 0.5) is 5.69 Å². The second kappa shape index (κ2) is 12.7. The fraction of sp³-hybridized carbons (Fsp3) is 0.375. The lowest BCUT2D eigenvalue weighted by atomic mass is 10.1. The fourth-order valence-corrected chi connectivity index (χ4v) is 2.97. The number of carbonyl (C=O) groups excluding carboxylic acids is 2. The van der Waals surface area contributed by atoms with E-state index in [4.69, 9.17) is 17.0 Å². The van der Waals surface area contributed by atoms with Gasteiger partial charge in [-0.1, -0.05) is 38.8 Å². The second-order valence-corrected chi connectivity index (χ2v) is 7.73. The topological polar surface area (TPSA) is 79.5 Å². The van der Waals surface area contributed by atoms with Crippen LogP contribution in [0.5, 0.6) is 5.75 Å². The quantitative estimate of drug-likeness (QED) is 0.361. The van der Waals surface area contributed by atoms with Gasteiger partial charge in [0.05, 0.1) is 12.2 Å². The van der Waals surface area contributed by atoms with Crippen LogP contribution in [0, 0.1) is 0 Å². The van der Waals surface area contributed by atoms with Crippen molar-refractivity contribution < 1.29 is 14.3 Å². The van der Waals surface area contributed by atoms with E-state index in [1.165, 1.54) is 0 Å². The van der Waals surface area contributed by atoms with Gasteiger partial charge in [-0.05, 0) is 68.4 Å². The van der Waals surface area contributed by atoms with Crippen molar-refractivity contribution in [3.63, 3.8) is 0 Å². The Kier molecular flexibility index (Phi) is 9.97. The van der Waals surface area contributed by atoms with Crippen molar-refractivity contribution in [2.75, 3.05) is 11.9 Å². The van der Waals surface area contributed by atoms with Crippen molar-refractivity contribution in [2.45, 2.75) is 52.5 Å². The van der Waals surface area contributed by atoms with Crippen LogP contribution >= 0.6 is 12.2 Å². The first-order valence-electron chi connectivity index (χ1n) is 10.7. The summed E-state index contributed by atoms with van der Waals surface area (Å²) < 4.78 is 5.77. The third-order valence-corrected chi connectivity index (χ3v) is 4.96. The number of benzene rings is 2. The summed E-state index contributed by atoms with van der Waals surface area (Å²) in [6.45, 7) is 6.68. The highest BCUT2D eigenvalue weighted by Crippen LogP contribution is 2.18. The van der Waals surface area contributed by atoms with Crippen LogP contribution in [0.1, 0.15) is 67.2 Å². The van der Waals surface area contributed by atoms with Gasteiger partial charge in [0.2, 0.25) is 0 Å². The van der Waals surface area contributed by atoms with E-state index in [2.05, 4.69) is 22.9 Å². The zero-order valence-electron chi connectivity index (χ0n) is 18.4. The van der Waals surface area contributed by atoms with Gasteiger partial charge in [-0.25, -0.2) is 0 Å². The molecule has 0 saturated heterocycles. The Morgan fingerprint density at radius 1 is 1.00 bits per heavy atom. The molecule has 1 unspecified atom stereocenters. The number of para-hydroxylation sites is 1. The molecule has 2 amide bonds. The predicted molar refractivity (Wildman–Crippen MR) is 129 cm³/mol. The molecule has 0 spiro atoms. The maximum atomic E-state index is 12.7. The summed E-state index contributed by atoms with van der Waals surface area (Å²) in [5, 5.41) is 8.74. The molecule has 0 aliphatic rings. The molecule has 0 aliphatic carbocycles. The Balaban J connectivity index is 1.92. The molecule has 2 rings (SSSR count). The molecule has 0 aromatic heterocycles. The Bertz CT molecular complexity index is 884. The number of rotatable bonds is 10. The second-order valence-electron chi connectivity index (χ2n) is 7.32. The molecule has 166 valence electrons. The van der Waals surface area contributed by atoms with Crippen LogP contribution in [-0.2, 0) is 0 Å². The highest BCUT2D eigenvalue weighted by Gasteiger charge is 2.14. The van der Waals surface area contributed by atoms with Crippen LogP contribution in [0.15, 0.2) is 48.5 Å². The normalized spacial score (nSPS) is 11.3. The lowest BCUT2D eigenvalue weighted by molar-refractivity contribution is 0.0937. The van der Waals surface area contributed by atoms with E-state index in [0.717, 1.165) is 25.7 Å². The van der Waals surface area contributed by atoms with E-state index in [-0.39, 0.29) is 23.0 Å². The molecule has 0 aliphatic heterocycles. The third kappa shape index (κ3) is 8.02. The van der Waals surface area contributed by atoms with Crippen molar-refractivity contribution >= 4 is 34.8 Å². The number of carbonyl (C=O) groups is 2. The standard InChI is InChI=1S/C24H31N3O3S/c1-4-6-9-16-30-21-11-8-7-10-20(21)23(29)27-24(31)26-19-14-12-18(13-15-19)22(28)25-17(3)5-2/h7-8,10-15,17H,4-6,9,16H2,1-3H3,(H,25,28)(H2,26,27,29,31). The molecular weight excluding hydrogens is 410 g/mol. The first-order chi connectivity index (χ1) is 14.9. The number of unbranched alkanes of at least 4 members (excludes halogenated alkanes) is 2. The molecule has 3 N–H and O–H groups in total. The third-order valence-electron chi connectivity index (χ3n) is 4.76. The maximum absolute atomic E-state index is 12.7. The molecule has 0 bridgehead atoms. The average molecular weight is 442 g/mol. The summed E-state index contributed by atoms with van der Waals surface area (Å²) in [5.74, 6) is 0.0797. The summed E-state index contributed by atoms with van der Waals surface area (Å²) in [7, 11) is 0.